The quantitative estimate of drug-likeness (QED) is 0.0631. The molecule has 8 nitrogen and oxygen atoms in total. The molecule has 8 heteroatoms. The predicted octanol–water partition coefficient (Wildman–Crippen LogP) is 11.1. The second-order valence-corrected chi connectivity index (χ2v) is 15.7. The van der Waals surface area contributed by atoms with Crippen LogP contribution in [0.4, 0.5) is 0 Å². The minimum absolute atomic E-state index is 0.00390. The number of nitrogens with one attached hydrogen (secondary N) is 1. The zero-order chi connectivity index (χ0) is 39.8. The molecule has 1 saturated heterocycles. The highest BCUT2D eigenvalue weighted by Crippen LogP contribution is 2.39. The molecule has 4 rings (SSSR count). The average molecular weight is 771 g/mol. The van der Waals surface area contributed by atoms with Gasteiger partial charge in [-0.1, -0.05) is 145 Å². The van der Waals surface area contributed by atoms with Crippen molar-refractivity contribution in [3.05, 3.63) is 95.1 Å². The molecule has 1 aliphatic heterocycles. The van der Waals surface area contributed by atoms with Crippen LogP contribution in [0.15, 0.2) is 72.8 Å². The molecule has 1 aliphatic rings. The number of hydrogen-bond donors (Lipinski definition) is 3. The van der Waals surface area contributed by atoms with Gasteiger partial charge in [-0.25, -0.2) is 0 Å². The minimum Gasteiger partial charge on any atom is -0.481 e. The molecule has 0 aliphatic carbocycles. The predicted molar refractivity (Wildman–Crippen MR) is 226 cm³/mol. The largest absolute Gasteiger partial charge is 0.481 e. The number of benzene rings is 3. The third kappa shape index (κ3) is 16.9. The first kappa shape index (κ1) is 45.1. The van der Waals surface area contributed by atoms with Gasteiger partial charge in [0.25, 0.3) is 0 Å². The Hall–Kier alpha value is -3.56. The van der Waals surface area contributed by atoms with E-state index in [1.165, 1.54) is 77.0 Å². The second-order valence-electron chi connectivity index (χ2n) is 15.7. The number of carboxylic acids is 1. The number of aliphatic hydroxyl groups excluding tert-OH is 1. The molecule has 3 atom stereocenters. The van der Waals surface area contributed by atoms with Crippen LogP contribution in [0.5, 0.6) is 0 Å². The standard InChI is InChI=1S/C48H70N2O6/c1-3-5-7-9-11-16-30-50(31-17-12-10-8-6-4-2)36-44-34-45(40-28-26-38(37-51)27-29-40)56-48(55-44)43-23-19-22-42(33-43)41-21-18-20-39(32-41)35-49-46(52)24-14-13-15-25-47(53)54/h18-23,26-29,32-33,44-45,48,51H,3-17,24-25,30-31,34-37H2,1-2H3,(H,49,52)(H,53,54)/t44-,45+,48+/m0/s1. The molecule has 0 radical (unpaired) electrons. The normalized spacial score (nSPS) is 17.0. The molecule has 308 valence electrons. The topological polar surface area (TPSA) is 108 Å². The van der Waals surface area contributed by atoms with E-state index in [4.69, 9.17) is 14.6 Å². The number of aliphatic carboxylic acids is 1. The molecular formula is C48H70N2O6. The molecule has 0 spiro atoms. The number of unbranched alkanes of at least 4 members (excludes halogenated alkanes) is 12. The summed E-state index contributed by atoms with van der Waals surface area (Å²) in [6.07, 6.45) is 18.1. The maximum Gasteiger partial charge on any atom is 0.303 e. The lowest BCUT2D eigenvalue weighted by Gasteiger charge is -2.38. The van der Waals surface area contributed by atoms with E-state index in [0.717, 1.165) is 65.9 Å². The molecule has 56 heavy (non-hydrogen) atoms. The van der Waals surface area contributed by atoms with Crippen molar-refractivity contribution in [1.29, 1.82) is 0 Å². The molecule has 3 aromatic rings. The first-order valence-electron chi connectivity index (χ1n) is 21.8. The van der Waals surface area contributed by atoms with E-state index in [2.05, 4.69) is 72.6 Å². The van der Waals surface area contributed by atoms with Crippen LogP contribution in [-0.2, 0) is 32.2 Å². The van der Waals surface area contributed by atoms with E-state index in [1.54, 1.807) is 0 Å². The van der Waals surface area contributed by atoms with Crippen molar-refractivity contribution < 1.29 is 29.3 Å². The van der Waals surface area contributed by atoms with Gasteiger partial charge in [-0.05, 0) is 78.7 Å². The van der Waals surface area contributed by atoms with Gasteiger partial charge in [0.1, 0.15) is 0 Å². The van der Waals surface area contributed by atoms with Crippen molar-refractivity contribution in [2.45, 2.75) is 161 Å². The summed E-state index contributed by atoms with van der Waals surface area (Å²) in [7, 11) is 0. The number of carboxylic acid groups (broad SMARTS) is 1. The zero-order valence-electron chi connectivity index (χ0n) is 34.4. The third-order valence-electron chi connectivity index (χ3n) is 10.9. The van der Waals surface area contributed by atoms with Crippen LogP contribution >= 0.6 is 0 Å². The summed E-state index contributed by atoms with van der Waals surface area (Å²) < 4.78 is 13.7. The Kier molecular flexibility index (Phi) is 21.3. The van der Waals surface area contributed by atoms with Crippen LogP contribution in [-0.4, -0.2) is 52.7 Å². The molecule has 0 unspecified atom stereocenters. The summed E-state index contributed by atoms with van der Waals surface area (Å²) in [5.74, 6) is -0.816. The SMILES string of the molecule is CCCCCCCCN(CCCCCCCC)C[C@@H]1C[C@H](c2ccc(CO)cc2)O[C@H](c2cccc(-c3cccc(CNC(=O)CCCCCC(=O)O)c3)c2)O1. The van der Waals surface area contributed by atoms with Gasteiger partial charge < -0.3 is 29.9 Å². The third-order valence-corrected chi connectivity index (χ3v) is 10.9. The van der Waals surface area contributed by atoms with Crippen LogP contribution in [0.25, 0.3) is 11.1 Å². The van der Waals surface area contributed by atoms with Crippen LogP contribution in [0.3, 0.4) is 0 Å². The lowest BCUT2D eigenvalue weighted by Crippen LogP contribution is -2.40. The van der Waals surface area contributed by atoms with Crippen molar-refractivity contribution in [2.24, 2.45) is 0 Å². The van der Waals surface area contributed by atoms with Crippen LogP contribution in [0, 0.1) is 0 Å². The molecule has 3 N–H and O–H groups in total. The first-order valence-corrected chi connectivity index (χ1v) is 21.8. The van der Waals surface area contributed by atoms with E-state index < -0.39 is 12.3 Å². The van der Waals surface area contributed by atoms with Gasteiger partial charge in [-0.3, -0.25) is 9.59 Å². The molecule has 0 aromatic heterocycles. The van der Waals surface area contributed by atoms with Crippen molar-refractivity contribution in [1.82, 2.24) is 10.2 Å². The second kappa shape index (κ2) is 26.4. The van der Waals surface area contributed by atoms with Crippen LogP contribution in [0.1, 0.15) is 164 Å². The number of amides is 1. The van der Waals surface area contributed by atoms with Gasteiger partial charge in [0.15, 0.2) is 6.29 Å². The molecule has 1 amide bonds. The summed E-state index contributed by atoms with van der Waals surface area (Å²) >= 11 is 0. The molecule has 3 aromatic carbocycles. The number of aliphatic hydroxyl groups is 1. The Morgan fingerprint density at radius 1 is 0.679 bits per heavy atom. The Morgan fingerprint density at radius 2 is 1.29 bits per heavy atom. The van der Waals surface area contributed by atoms with Crippen LogP contribution in [0.2, 0.25) is 0 Å². The summed E-state index contributed by atoms with van der Waals surface area (Å²) in [5.41, 5.74) is 6.09. The molecule has 0 saturated carbocycles. The maximum absolute atomic E-state index is 12.5. The number of carbonyl (C=O) groups excluding carboxylic acids is 1. The highest BCUT2D eigenvalue weighted by atomic mass is 16.7. The van der Waals surface area contributed by atoms with Gasteiger partial charge in [0, 0.05) is 37.9 Å². The first-order chi connectivity index (χ1) is 27.4. The fourth-order valence-electron chi connectivity index (χ4n) is 7.60. The molecule has 0 bridgehead atoms. The van der Waals surface area contributed by atoms with Gasteiger partial charge in [-0.15, -0.1) is 0 Å². The van der Waals surface area contributed by atoms with E-state index in [0.29, 0.717) is 25.8 Å². The lowest BCUT2D eigenvalue weighted by molar-refractivity contribution is -0.253. The highest BCUT2D eigenvalue weighted by Gasteiger charge is 2.33. The smallest absolute Gasteiger partial charge is 0.303 e. The van der Waals surface area contributed by atoms with Gasteiger partial charge in [0.2, 0.25) is 5.91 Å². The van der Waals surface area contributed by atoms with Crippen molar-refractivity contribution >= 4 is 11.9 Å². The maximum atomic E-state index is 12.5. The monoisotopic (exact) mass is 771 g/mol. The summed E-state index contributed by atoms with van der Waals surface area (Å²) in [4.78, 5) is 25.9. The van der Waals surface area contributed by atoms with E-state index in [1.807, 2.05) is 24.3 Å². The number of ether oxygens (including phenoxy) is 2. The van der Waals surface area contributed by atoms with Crippen molar-refractivity contribution in [2.75, 3.05) is 19.6 Å². The number of carbonyl (C=O) groups is 2. The number of rotatable bonds is 28. The van der Waals surface area contributed by atoms with Gasteiger partial charge in [-0.2, -0.15) is 0 Å². The molecular weight excluding hydrogens is 701 g/mol. The Balaban J connectivity index is 1.45. The fraction of sp³-hybridized carbons (Fsp3) is 0.583. The Labute approximate surface area is 337 Å². The van der Waals surface area contributed by atoms with Gasteiger partial charge >= 0.3 is 5.97 Å². The Morgan fingerprint density at radius 3 is 1.95 bits per heavy atom. The van der Waals surface area contributed by atoms with E-state index in [-0.39, 0.29) is 31.1 Å². The number of hydrogen-bond acceptors (Lipinski definition) is 6. The van der Waals surface area contributed by atoms with Crippen molar-refractivity contribution in [3.63, 3.8) is 0 Å². The summed E-state index contributed by atoms with van der Waals surface area (Å²) in [5, 5.41) is 21.5. The number of nitrogens with zero attached hydrogens (tertiary/aromatic N) is 1. The van der Waals surface area contributed by atoms with Crippen molar-refractivity contribution in [3.8, 4) is 11.1 Å². The molecule has 1 fully saturated rings. The summed E-state index contributed by atoms with van der Waals surface area (Å²) in [6, 6.07) is 24.8. The lowest BCUT2D eigenvalue weighted by atomic mass is 9.98. The van der Waals surface area contributed by atoms with Gasteiger partial charge in [0.05, 0.1) is 18.8 Å². The Bertz CT molecular complexity index is 1530. The van der Waals surface area contributed by atoms with Crippen LogP contribution < -0.4 is 5.32 Å². The highest BCUT2D eigenvalue weighted by molar-refractivity contribution is 5.76. The average Bonchev–Trinajstić information content (AvgIpc) is 3.22. The molecule has 1 heterocycles. The fourth-order valence-corrected chi connectivity index (χ4v) is 7.60. The van der Waals surface area contributed by atoms with E-state index in [9.17, 15) is 14.7 Å². The zero-order valence-corrected chi connectivity index (χ0v) is 34.4. The minimum atomic E-state index is -0.795. The summed E-state index contributed by atoms with van der Waals surface area (Å²) in [6.45, 7) is 8.07. The van der Waals surface area contributed by atoms with E-state index >= 15 is 0 Å².